The molecule has 3 heterocycles. The molecule has 3 aromatic heterocycles. The van der Waals surface area contributed by atoms with E-state index in [1.807, 2.05) is 79.9 Å². The number of thiophene rings is 1. The fraction of sp³-hybridized carbons (Fsp3) is 0.120. The van der Waals surface area contributed by atoms with Crippen molar-refractivity contribution in [2.45, 2.75) is 13.8 Å². The summed E-state index contributed by atoms with van der Waals surface area (Å²) in [6.45, 7) is 3.93. The Hall–Kier alpha value is -4.04. The maximum absolute atomic E-state index is 12.4. The Labute approximate surface area is 194 Å². The number of amides is 1. The van der Waals surface area contributed by atoms with Crippen molar-refractivity contribution in [2.24, 2.45) is 0 Å². The van der Waals surface area contributed by atoms with Crippen LogP contribution >= 0.6 is 11.3 Å². The van der Waals surface area contributed by atoms with E-state index in [1.54, 1.807) is 15.9 Å². The van der Waals surface area contributed by atoms with Crippen molar-refractivity contribution in [3.63, 3.8) is 0 Å². The first kappa shape index (κ1) is 20.8. The van der Waals surface area contributed by atoms with Crippen LogP contribution in [0.3, 0.4) is 0 Å². The number of carbonyl (C=O) groups excluding carboxylic acids is 1. The SMILES string of the molecule is Cc1cc(C)cc(OCC(=O)Nc2cccc(-c3ccc4nnc(-c5cccs5)n4n3)c2)c1. The summed E-state index contributed by atoms with van der Waals surface area (Å²) in [5.41, 5.74) is 5.16. The van der Waals surface area contributed by atoms with Crippen LogP contribution < -0.4 is 10.1 Å². The molecule has 5 aromatic rings. The van der Waals surface area contributed by atoms with Crippen LogP contribution in [-0.4, -0.2) is 32.3 Å². The largest absolute Gasteiger partial charge is 0.484 e. The van der Waals surface area contributed by atoms with Gasteiger partial charge in [-0.2, -0.15) is 9.61 Å². The molecular weight excluding hydrogens is 434 g/mol. The molecule has 0 bridgehead atoms. The third kappa shape index (κ3) is 4.61. The number of nitrogens with one attached hydrogen (secondary N) is 1. The first-order chi connectivity index (χ1) is 16.0. The number of aryl methyl sites for hydroxylation is 2. The number of anilines is 1. The van der Waals surface area contributed by atoms with E-state index in [0.29, 0.717) is 22.9 Å². The molecule has 0 fully saturated rings. The van der Waals surface area contributed by atoms with Gasteiger partial charge in [-0.25, -0.2) is 0 Å². The number of aromatic nitrogens is 4. The summed E-state index contributed by atoms with van der Waals surface area (Å²) in [5, 5.41) is 18.1. The zero-order chi connectivity index (χ0) is 22.8. The topological polar surface area (TPSA) is 81.4 Å². The Morgan fingerprint density at radius 2 is 1.85 bits per heavy atom. The molecule has 0 saturated heterocycles. The van der Waals surface area contributed by atoms with Crippen molar-refractivity contribution in [3.05, 3.63) is 83.2 Å². The molecule has 8 heteroatoms. The Morgan fingerprint density at radius 3 is 2.64 bits per heavy atom. The Morgan fingerprint density at radius 1 is 1.00 bits per heavy atom. The van der Waals surface area contributed by atoms with Crippen LogP contribution in [0.2, 0.25) is 0 Å². The summed E-state index contributed by atoms with van der Waals surface area (Å²) in [7, 11) is 0. The molecule has 0 aliphatic rings. The third-order valence-corrected chi connectivity index (χ3v) is 5.88. The van der Waals surface area contributed by atoms with E-state index in [0.717, 1.165) is 27.3 Å². The lowest BCUT2D eigenvalue weighted by Crippen LogP contribution is -2.20. The van der Waals surface area contributed by atoms with Crippen LogP contribution in [0.5, 0.6) is 5.75 Å². The van der Waals surface area contributed by atoms with E-state index in [2.05, 4.69) is 21.6 Å². The highest BCUT2D eigenvalue weighted by atomic mass is 32.1. The van der Waals surface area contributed by atoms with Gasteiger partial charge < -0.3 is 10.1 Å². The number of nitrogens with zero attached hydrogens (tertiary/aromatic N) is 4. The zero-order valence-corrected chi connectivity index (χ0v) is 19.0. The number of hydrogen-bond donors (Lipinski definition) is 1. The molecule has 33 heavy (non-hydrogen) atoms. The number of benzene rings is 2. The van der Waals surface area contributed by atoms with Gasteiger partial charge in [0, 0.05) is 11.3 Å². The highest BCUT2D eigenvalue weighted by Crippen LogP contribution is 2.25. The molecule has 1 N–H and O–H groups in total. The second-order valence-corrected chi connectivity index (χ2v) is 8.68. The number of hydrogen-bond acceptors (Lipinski definition) is 6. The summed E-state index contributed by atoms with van der Waals surface area (Å²) in [6.07, 6.45) is 0. The van der Waals surface area contributed by atoms with Crippen molar-refractivity contribution in [1.29, 1.82) is 0 Å². The second-order valence-electron chi connectivity index (χ2n) is 7.73. The molecule has 0 saturated carbocycles. The van der Waals surface area contributed by atoms with Gasteiger partial charge in [-0.3, -0.25) is 4.79 Å². The number of fused-ring (bicyclic) bond motifs is 1. The lowest BCUT2D eigenvalue weighted by atomic mass is 10.1. The second kappa shape index (κ2) is 8.84. The summed E-state index contributed by atoms with van der Waals surface area (Å²) >= 11 is 1.59. The van der Waals surface area contributed by atoms with Gasteiger partial charge in [-0.1, -0.05) is 24.3 Å². The minimum absolute atomic E-state index is 0.0673. The summed E-state index contributed by atoms with van der Waals surface area (Å²) in [6, 6.07) is 21.2. The first-order valence-corrected chi connectivity index (χ1v) is 11.3. The van der Waals surface area contributed by atoms with Gasteiger partial charge in [-0.15, -0.1) is 21.5 Å². The van der Waals surface area contributed by atoms with Crippen molar-refractivity contribution in [1.82, 2.24) is 19.8 Å². The van der Waals surface area contributed by atoms with Gasteiger partial charge in [0.2, 0.25) is 0 Å². The lowest BCUT2D eigenvalue weighted by Gasteiger charge is -2.10. The van der Waals surface area contributed by atoms with Gasteiger partial charge in [0.15, 0.2) is 18.1 Å². The van der Waals surface area contributed by atoms with E-state index in [-0.39, 0.29) is 12.5 Å². The average Bonchev–Trinajstić information content (AvgIpc) is 3.46. The van der Waals surface area contributed by atoms with Crippen LogP contribution in [0.15, 0.2) is 72.1 Å². The van der Waals surface area contributed by atoms with Gasteiger partial charge in [-0.05, 0) is 72.8 Å². The van der Waals surface area contributed by atoms with E-state index in [9.17, 15) is 4.79 Å². The van der Waals surface area contributed by atoms with E-state index in [1.165, 1.54) is 0 Å². The highest BCUT2D eigenvalue weighted by molar-refractivity contribution is 7.13. The zero-order valence-electron chi connectivity index (χ0n) is 18.1. The predicted octanol–water partition coefficient (Wildman–Crippen LogP) is 5.15. The molecule has 0 aliphatic heterocycles. The standard InChI is InChI=1S/C25H21N5O2S/c1-16-11-17(2)13-20(12-16)32-15-24(31)26-19-6-3-5-18(14-19)21-8-9-23-27-28-25(30(23)29-21)22-7-4-10-33-22/h3-14H,15H2,1-2H3,(H,26,31). The van der Waals surface area contributed by atoms with Gasteiger partial charge in [0.05, 0.1) is 10.6 Å². The fourth-order valence-corrected chi connectivity index (χ4v) is 4.31. The molecule has 7 nitrogen and oxygen atoms in total. The van der Waals surface area contributed by atoms with Crippen molar-refractivity contribution in [2.75, 3.05) is 11.9 Å². The maximum atomic E-state index is 12.4. The quantitative estimate of drug-likeness (QED) is 0.383. The van der Waals surface area contributed by atoms with Crippen molar-refractivity contribution >= 4 is 28.6 Å². The summed E-state index contributed by atoms with van der Waals surface area (Å²) in [5.74, 6) is 1.16. The molecule has 0 aliphatic carbocycles. The maximum Gasteiger partial charge on any atom is 0.262 e. The molecule has 0 unspecified atom stereocenters. The van der Waals surface area contributed by atoms with E-state index < -0.39 is 0 Å². The third-order valence-electron chi connectivity index (χ3n) is 5.01. The van der Waals surface area contributed by atoms with Crippen molar-refractivity contribution in [3.8, 4) is 27.7 Å². The molecule has 1 amide bonds. The van der Waals surface area contributed by atoms with Crippen LogP contribution in [0.1, 0.15) is 11.1 Å². The monoisotopic (exact) mass is 455 g/mol. The van der Waals surface area contributed by atoms with Crippen LogP contribution in [0.25, 0.3) is 27.6 Å². The fourth-order valence-electron chi connectivity index (χ4n) is 3.62. The molecule has 0 radical (unpaired) electrons. The highest BCUT2D eigenvalue weighted by Gasteiger charge is 2.12. The van der Waals surface area contributed by atoms with E-state index >= 15 is 0 Å². The molecule has 2 aromatic carbocycles. The minimum Gasteiger partial charge on any atom is -0.484 e. The molecule has 0 atom stereocenters. The van der Waals surface area contributed by atoms with Crippen molar-refractivity contribution < 1.29 is 9.53 Å². The Balaban J connectivity index is 1.33. The molecular formula is C25H21N5O2S. The number of carbonyl (C=O) groups is 1. The Bertz CT molecular complexity index is 1420. The number of ether oxygens (including phenoxy) is 1. The van der Waals surface area contributed by atoms with Crippen LogP contribution in [0, 0.1) is 13.8 Å². The first-order valence-electron chi connectivity index (χ1n) is 10.4. The van der Waals surface area contributed by atoms with Crippen LogP contribution in [-0.2, 0) is 4.79 Å². The average molecular weight is 456 g/mol. The Kier molecular flexibility index (Phi) is 5.58. The number of rotatable bonds is 6. The molecule has 5 rings (SSSR count). The lowest BCUT2D eigenvalue weighted by molar-refractivity contribution is -0.118. The summed E-state index contributed by atoms with van der Waals surface area (Å²) in [4.78, 5) is 13.4. The van der Waals surface area contributed by atoms with Gasteiger partial charge >= 0.3 is 0 Å². The normalized spacial score (nSPS) is 11.0. The molecule has 164 valence electrons. The van der Waals surface area contributed by atoms with E-state index in [4.69, 9.17) is 9.84 Å². The van der Waals surface area contributed by atoms with Gasteiger partial charge in [0.25, 0.3) is 5.91 Å². The van der Waals surface area contributed by atoms with Crippen LogP contribution in [0.4, 0.5) is 5.69 Å². The van der Waals surface area contributed by atoms with Gasteiger partial charge in [0.1, 0.15) is 5.75 Å². The predicted molar refractivity (Wildman–Crippen MR) is 130 cm³/mol. The smallest absolute Gasteiger partial charge is 0.262 e. The molecule has 0 spiro atoms. The minimum atomic E-state index is -0.228. The summed E-state index contributed by atoms with van der Waals surface area (Å²) < 4.78 is 7.40.